The molecule has 0 aliphatic carbocycles. The van der Waals surface area contributed by atoms with E-state index in [9.17, 15) is 4.79 Å². The number of carbonyl (C=O) groups is 1. The van der Waals surface area contributed by atoms with E-state index >= 15 is 0 Å². The molecule has 18 heavy (non-hydrogen) atoms. The number of ether oxygens (including phenoxy) is 1. The third-order valence-electron chi connectivity index (χ3n) is 3.63. The van der Waals surface area contributed by atoms with Crippen LogP contribution in [-0.4, -0.2) is 50.7 Å². The monoisotopic (exact) mass is 254 g/mol. The maximum atomic E-state index is 12.7. The Labute approximate surface area is 110 Å². The Hall–Kier alpha value is -0.870. The number of hydrogen-bond donors (Lipinski definition) is 1. The van der Waals surface area contributed by atoms with Gasteiger partial charge in [-0.3, -0.25) is 4.79 Å². The van der Waals surface area contributed by atoms with Gasteiger partial charge in [-0.15, -0.1) is 6.58 Å². The highest BCUT2D eigenvalue weighted by Crippen LogP contribution is 2.33. The molecule has 4 nitrogen and oxygen atoms in total. The molecule has 1 rings (SSSR count). The van der Waals surface area contributed by atoms with Crippen LogP contribution in [-0.2, 0) is 9.53 Å². The van der Waals surface area contributed by atoms with E-state index in [1.807, 2.05) is 4.90 Å². The van der Waals surface area contributed by atoms with E-state index in [4.69, 9.17) is 4.74 Å². The smallest absolute Gasteiger partial charge is 0.230 e. The van der Waals surface area contributed by atoms with E-state index in [2.05, 4.69) is 18.8 Å². The van der Waals surface area contributed by atoms with Gasteiger partial charge in [0.25, 0.3) is 0 Å². The number of hydrogen-bond acceptors (Lipinski definition) is 3. The summed E-state index contributed by atoms with van der Waals surface area (Å²) in [6.45, 7) is 9.45. The van der Waals surface area contributed by atoms with Gasteiger partial charge in [0.1, 0.15) is 0 Å². The van der Waals surface area contributed by atoms with Crippen molar-refractivity contribution in [3.05, 3.63) is 12.7 Å². The van der Waals surface area contributed by atoms with Gasteiger partial charge in [-0.2, -0.15) is 0 Å². The molecule has 1 aliphatic rings. The van der Waals surface area contributed by atoms with E-state index in [-0.39, 0.29) is 11.3 Å². The maximum Gasteiger partial charge on any atom is 0.230 e. The Kier molecular flexibility index (Phi) is 6.36. The molecule has 0 spiro atoms. The molecule has 1 aliphatic heterocycles. The minimum absolute atomic E-state index is 0.203. The van der Waals surface area contributed by atoms with Crippen molar-refractivity contribution in [2.75, 3.05) is 39.9 Å². The molecule has 1 atom stereocenters. The Morgan fingerprint density at radius 2 is 2.39 bits per heavy atom. The number of rotatable bonds is 8. The molecule has 0 aromatic heterocycles. The topological polar surface area (TPSA) is 41.6 Å². The predicted molar refractivity (Wildman–Crippen MR) is 73.5 cm³/mol. The first-order valence-electron chi connectivity index (χ1n) is 6.80. The van der Waals surface area contributed by atoms with E-state index in [1.54, 1.807) is 13.2 Å². The van der Waals surface area contributed by atoms with Crippen LogP contribution in [0, 0.1) is 5.41 Å². The summed E-state index contributed by atoms with van der Waals surface area (Å²) in [6, 6.07) is 0. The fraction of sp³-hybridized carbons (Fsp3) is 0.786. The molecule has 1 N–H and O–H groups in total. The summed E-state index contributed by atoms with van der Waals surface area (Å²) in [6.07, 6.45) is 4.73. The van der Waals surface area contributed by atoms with Crippen LogP contribution in [0.4, 0.5) is 0 Å². The van der Waals surface area contributed by atoms with Crippen LogP contribution in [0.1, 0.15) is 26.2 Å². The minimum atomic E-state index is -0.203. The first kappa shape index (κ1) is 15.2. The lowest BCUT2D eigenvalue weighted by Gasteiger charge is -2.33. The molecule has 0 aromatic rings. The zero-order valence-corrected chi connectivity index (χ0v) is 11.7. The Morgan fingerprint density at radius 3 is 2.89 bits per heavy atom. The second-order valence-electron chi connectivity index (χ2n) is 4.99. The third kappa shape index (κ3) is 3.56. The molecule has 104 valence electrons. The first-order valence-corrected chi connectivity index (χ1v) is 6.80. The summed E-state index contributed by atoms with van der Waals surface area (Å²) in [5.74, 6) is 0.256. The van der Waals surface area contributed by atoms with Crippen molar-refractivity contribution in [3.8, 4) is 0 Å². The van der Waals surface area contributed by atoms with Crippen molar-refractivity contribution < 1.29 is 9.53 Å². The molecule has 0 saturated carbocycles. The molecule has 1 heterocycles. The molecule has 0 radical (unpaired) electrons. The van der Waals surface area contributed by atoms with Gasteiger partial charge in [0, 0.05) is 26.7 Å². The van der Waals surface area contributed by atoms with Gasteiger partial charge < -0.3 is 15.0 Å². The summed E-state index contributed by atoms with van der Waals surface area (Å²) in [4.78, 5) is 14.6. The molecule has 1 unspecified atom stereocenters. The Bertz CT molecular complexity index is 273. The molecule has 0 bridgehead atoms. The van der Waals surface area contributed by atoms with Gasteiger partial charge in [-0.25, -0.2) is 0 Å². The van der Waals surface area contributed by atoms with Crippen LogP contribution < -0.4 is 5.32 Å². The molecule has 0 aromatic carbocycles. The summed E-state index contributed by atoms with van der Waals surface area (Å²) < 4.78 is 5.08. The Morgan fingerprint density at radius 1 is 1.61 bits per heavy atom. The van der Waals surface area contributed by atoms with Crippen LogP contribution in [0.3, 0.4) is 0 Å². The van der Waals surface area contributed by atoms with Crippen molar-refractivity contribution >= 4 is 5.91 Å². The molecule has 1 fully saturated rings. The first-order chi connectivity index (χ1) is 8.70. The number of amides is 1. The molecule has 1 saturated heterocycles. The van der Waals surface area contributed by atoms with Crippen molar-refractivity contribution in [2.45, 2.75) is 26.2 Å². The van der Waals surface area contributed by atoms with Crippen molar-refractivity contribution in [3.63, 3.8) is 0 Å². The van der Waals surface area contributed by atoms with Gasteiger partial charge in [-0.05, 0) is 19.4 Å². The lowest BCUT2D eigenvalue weighted by Crippen LogP contribution is -2.46. The van der Waals surface area contributed by atoms with E-state index in [1.165, 1.54) is 0 Å². The van der Waals surface area contributed by atoms with Crippen molar-refractivity contribution in [1.29, 1.82) is 0 Å². The summed E-state index contributed by atoms with van der Waals surface area (Å²) in [5, 5.41) is 3.33. The predicted octanol–water partition coefficient (Wildman–Crippen LogP) is 1.43. The summed E-state index contributed by atoms with van der Waals surface area (Å²) >= 11 is 0. The fourth-order valence-electron chi connectivity index (χ4n) is 2.69. The maximum absolute atomic E-state index is 12.7. The number of carbonyl (C=O) groups excluding carboxylic acids is 1. The highest BCUT2D eigenvalue weighted by atomic mass is 16.5. The molecule has 4 heteroatoms. The van der Waals surface area contributed by atoms with Crippen LogP contribution in [0.15, 0.2) is 12.7 Å². The van der Waals surface area contributed by atoms with E-state index < -0.39 is 0 Å². The van der Waals surface area contributed by atoms with Gasteiger partial charge >= 0.3 is 0 Å². The van der Waals surface area contributed by atoms with Crippen molar-refractivity contribution in [2.24, 2.45) is 5.41 Å². The van der Waals surface area contributed by atoms with Gasteiger partial charge in [0.05, 0.1) is 12.0 Å². The normalized spacial score (nSPS) is 23.0. The minimum Gasteiger partial charge on any atom is -0.383 e. The van der Waals surface area contributed by atoms with E-state index in [0.29, 0.717) is 19.7 Å². The SMILES string of the molecule is C=CCN(CCOC)C(=O)C1(CCC)CCNC1. The average Bonchev–Trinajstić information content (AvgIpc) is 2.84. The fourth-order valence-corrected chi connectivity index (χ4v) is 2.69. The van der Waals surface area contributed by atoms with Crippen LogP contribution in [0.5, 0.6) is 0 Å². The molecular weight excluding hydrogens is 228 g/mol. The number of nitrogens with one attached hydrogen (secondary N) is 1. The van der Waals surface area contributed by atoms with Crippen LogP contribution >= 0.6 is 0 Å². The van der Waals surface area contributed by atoms with Gasteiger partial charge in [-0.1, -0.05) is 19.4 Å². The summed E-state index contributed by atoms with van der Waals surface area (Å²) in [5.41, 5.74) is -0.203. The highest BCUT2D eigenvalue weighted by Gasteiger charge is 2.42. The lowest BCUT2D eigenvalue weighted by molar-refractivity contribution is -0.141. The zero-order valence-electron chi connectivity index (χ0n) is 11.7. The number of nitrogens with zero attached hydrogens (tertiary/aromatic N) is 1. The zero-order chi connectivity index (χ0) is 13.4. The van der Waals surface area contributed by atoms with Gasteiger partial charge in [0.2, 0.25) is 5.91 Å². The molecular formula is C14H26N2O2. The largest absolute Gasteiger partial charge is 0.383 e. The van der Waals surface area contributed by atoms with Crippen LogP contribution in [0.2, 0.25) is 0 Å². The quantitative estimate of drug-likeness (QED) is 0.666. The summed E-state index contributed by atoms with van der Waals surface area (Å²) in [7, 11) is 1.66. The second-order valence-corrected chi connectivity index (χ2v) is 4.99. The highest BCUT2D eigenvalue weighted by molar-refractivity contribution is 5.83. The van der Waals surface area contributed by atoms with Gasteiger partial charge in [0.15, 0.2) is 0 Å². The van der Waals surface area contributed by atoms with Crippen LogP contribution in [0.25, 0.3) is 0 Å². The second kappa shape index (κ2) is 7.54. The van der Waals surface area contributed by atoms with E-state index in [0.717, 1.165) is 32.4 Å². The third-order valence-corrected chi connectivity index (χ3v) is 3.63. The molecule has 1 amide bonds. The number of methoxy groups -OCH3 is 1. The van der Waals surface area contributed by atoms with Crippen molar-refractivity contribution in [1.82, 2.24) is 10.2 Å². The lowest BCUT2D eigenvalue weighted by atomic mass is 9.81. The average molecular weight is 254 g/mol. The Balaban J connectivity index is 2.74. The standard InChI is InChI=1S/C14H26N2O2/c1-4-6-14(7-8-15-12-14)13(17)16(9-5-2)10-11-18-3/h5,15H,2,4,6-12H2,1,3H3.